The van der Waals surface area contributed by atoms with Gasteiger partial charge in [0, 0.05) is 31.7 Å². The van der Waals surface area contributed by atoms with Gasteiger partial charge in [-0.15, -0.1) is 6.58 Å². The summed E-state index contributed by atoms with van der Waals surface area (Å²) in [5, 5.41) is 6.07. The standard InChI is InChI=1S/C11H20N2O2S/c1-3-5-16-6-4-12-11(14)10-7-9(15-2)8-13-10/h3,9-10,13H,1,4-8H2,2H3,(H,12,14). The van der Waals surface area contributed by atoms with Crippen molar-refractivity contribution in [1.82, 2.24) is 10.6 Å². The first-order valence-corrected chi connectivity index (χ1v) is 6.66. The van der Waals surface area contributed by atoms with Gasteiger partial charge in [0.2, 0.25) is 5.91 Å². The molecule has 0 aromatic carbocycles. The zero-order valence-electron chi connectivity index (χ0n) is 9.70. The van der Waals surface area contributed by atoms with E-state index in [2.05, 4.69) is 17.2 Å². The molecule has 0 aromatic rings. The lowest BCUT2D eigenvalue weighted by atomic mass is 10.2. The molecule has 0 aromatic heterocycles. The Balaban J connectivity index is 2.09. The Hall–Kier alpha value is -0.520. The van der Waals surface area contributed by atoms with Crippen molar-refractivity contribution in [2.45, 2.75) is 18.6 Å². The van der Waals surface area contributed by atoms with E-state index >= 15 is 0 Å². The summed E-state index contributed by atoms with van der Waals surface area (Å²) in [6, 6.07) is -0.0886. The summed E-state index contributed by atoms with van der Waals surface area (Å²) in [7, 11) is 1.68. The smallest absolute Gasteiger partial charge is 0.237 e. The summed E-state index contributed by atoms with van der Waals surface area (Å²) in [5.41, 5.74) is 0. The maximum Gasteiger partial charge on any atom is 0.237 e. The zero-order valence-corrected chi connectivity index (χ0v) is 10.5. The highest BCUT2D eigenvalue weighted by Crippen LogP contribution is 2.09. The van der Waals surface area contributed by atoms with Crippen LogP contribution in [-0.2, 0) is 9.53 Å². The van der Waals surface area contributed by atoms with Gasteiger partial charge in [-0.25, -0.2) is 0 Å². The predicted molar refractivity (Wildman–Crippen MR) is 67.7 cm³/mol. The van der Waals surface area contributed by atoms with E-state index in [9.17, 15) is 4.79 Å². The molecule has 2 atom stereocenters. The zero-order chi connectivity index (χ0) is 11.8. The molecule has 0 radical (unpaired) electrons. The van der Waals surface area contributed by atoms with E-state index in [4.69, 9.17) is 4.74 Å². The van der Waals surface area contributed by atoms with E-state index in [1.54, 1.807) is 18.9 Å². The number of hydrogen-bond acceptors (Lipinski definition) is 4. The Morgan fingerprint density at radius 3 is 3.19 bits per heavy atom. The summed E-state index contributed by atoms with van der Waals surface area (Å²) in [5.74, 6) is 1.94. The number of amides is 1. The molecule has 1 aliphatic rings. The van der Waals surface area contributed by atoms with Crippen LogP contribution in [0, 0.1) is 0 Å². The second kappa shape index (κ2) is 7.70. The highest BCUT2D eigenvalue weighted by atomic mass is 32.2. The van der Waals surface area contributed by atoms with Gasteiger partial charge in [-0.3, -0.25) is 4.79 Å². The number of carbonyl (C=O) groups excluding carboxylic acids is 1. The summed E-state index contributed by atoms with van der Waals surface area (Å²) in [4.78, 5) is 11.7. The number of rotatable bonds is 7. The maximum atomic E-state index is 11.7. The Kier molecular flexibility index (Phi) is 6.52. The summed E-state index contributed by atoms with van der Waals surface area (Å²) in [6.07, 6.45) is 2.81. The van der Waals surface area contributed by atoms with Gasteiger partial charge in [0.25, 0.3) is 0 Å². The van der Waals surface area contributed by atoms with Crippen LogP contribution < -0.4 is 10.6 Å². The first-order chi connectivity index (χ1) is 7.77. The second-order valence-corrected chi connectivity index (χ2v) is 4.86. The molecule has 1 amide bonds. The van der Waals surface area contributed by atoms with E-state index < -0.39 is 0 Å². The number of thioether (sulfide) groups is 1. The van der Waals surface area contributed by atoms with Crippen LogP contribution in [0.1, 0.15) is 6.42 Å². The molecule has 0 bridgehead atoms. The lowest BCUT2D eigenvalue weighted by Crippen LogP contribution is -2.41. The fourth-order valence-corrected chi connectivity index (χ4v) is 2.20. The van der Waals surface area contributed by atoms with Gasteiger partial charge < -0.3 is 15.4 Å². The van der Waals surface area contributed by atoms with Crippen molar-refractivity contribution < 1.29 is 9.53 Å². The van der Waals surface area contributed by atoms with Crippen LogP contribution in [0.5, 0.6) is 0 Å². The Morgan fingerprint density at radius 2 is 2.56 bits per heavy atom. The monoisotopic (exact) mass is 244 g/mol. The van der Waals surface area contributed by atoms with E-state index in [-0.39, 0.29) is 18.1 Å². The Bertz CT molecular complexity index is 236. The van der Waals surface area contributed by atoms with E-state index in [0.717, 1.165) is 24.5 Å². The first kappa shape index (κ1) is 13.5. The minimum atomic E-state index is -0.0886. The summed E-state index contributed by atoms with van der Waals surface area (Å²) < 4.78 is 5.19. The third-order valence-corrected chi connectivity index (χ3v) is 3.49. The number of nitrogens with one attached hydrogen (secondary N) is 2. The molecule has 92 valence electrons. The Labute approximate surface area is 101 Å². The van der Waals surface area contributed by atoms with Crippen LogP contribution >= 0.6 is 11.8 Å². The molecule has 0 aliphatic carbocycles. The molecule has 16 heavy (non-hydrogen) atoms. The highest BCUT2D eigenvalue weighted by Gasteiger charge is 2.28. The average molecular weight is 244 g/mol. The first-order valence-electron chi connectivity index (χ1n) is 5.50. The maximum absolute atomic E-state index is 11.7. The highest BCUT2D eigenvalue weighted by molar-refractivity contribution is 7.99. The Morgan fingerprint density at radius 1 is 1.75 bits per heavy atom. The molecule has 0 saturated carbocycles. The fraction of sp³-hybridized carbons (Fsp3) is 0.727. The van der Waals surface area contributed by atoms with Crippen LogP contribution in [-0.4, -0.2) is 49.8 Å². The van der Waals surface area contributed by atoms with Crippen LogP contribution in [0.2, 0.25) is 0 Å². The van der Waals surface area contributed by atoms with Gasteiger partial charge in [-0.1, -0.05) is 6.08 Å². The third kappa shape index (κ3) is 4.55. The van der Waals surface area contributed by atoms with Crippen molar-refractivity contribution in [1.29, 1.82) is 0 Å². The SMILES string of the molecule is C=CCSCCNC(=O)C1CC(OC)CN1. The lowest BCUT2D eigenvalue weighted by molar-refractivity contribution is -0.122. The molecule has 4 nitrogen and oxygen atoms in total. The van der Waals surface area contributed by atoms with Crippen molar-refractivity contribution >= 4 is 17.7 Å². The quantitative estimate of drug-likeness (QED) is 0.503. The number of ether oxygens (including phenoxy) is 1. The summed E-state index contributed by atoms with van der Waals surface area (Å²) in [6.45, 7) is 5.12. The van der Waals surface area contributed by atoms with Crippen LogP contribution in [0.4, 0.5) is 0 Å². The second-order valence-electron chi connectivity index (χ2n) is 3.71. The molecule has 1 heterocycles. The van der Waals surface area contributed by atoms with Gasteiger partial charge in [-0.2, -0.15) is 11.8 Å². The van der Waals surface area contributed by atoms with Gasteiger partial charge in [0.15, 0.2) is 0 Å². The minimum absolute atomic E-state index is 0.0822. The van der Waals surface area contributed by atoms with Gasteiger partial charge in [0.05, 0.1) is 12.1 Å². The topological polar surface area (TPSA) is 50.4 Å². The van der Waals surface area contributed by atoms with E-state index in [0.29, 0.717) is 6.54 Å². The molecule has 5 heteroatoms. The van der Waals surface area contributed by atoms with Gasteiger partial charge in [-0.05, 0) is 6.42 Å². The number of hydrogen-bond donors (Lipinski definition) is 2. The molecule has 0 spiro atoms. The molecular formula is C11H20N2O2S. The predicted octanol–water partition coefficient (Wildman–Crippen LogP) is 0.399. The molecule has 1 rings (SSSR count). The van der Waals surface area contributed by atoms with E-state index in [1.165, 1.54) is 0 Å². The lowest BCUT2D eigenvalue weighted by Gasteiger charge is -2.10. The molecule has 2 N–H and O–H groups in total. The van der Waals surface area contributed by atoms with Crippen molar-refractivity contribution in [3.63, 3.8) is 0 Å². The van der Waals surface area contributed by atoms with Crippen molar-refractivity contribution in [3.05, 3.63) is 12.7 Å². The fourth-order valence-electron chi connectivity index (χ4n) is 1.62. The minimum Gasteiger partial charge on any atom is -0.380 e. The van der Waals surface area contributed by atoms with Gasteiger partial charge >= 0.3 is 0 Å². The average Bonchev–Trinajstić information content (AvgIpc) is 2.77. The van der Waals surface area contributed by atoms with Crippen LogP contribution in [0.3, 0.4) is 0 Å². The normalized spacial score (nSPS) is 24.3. The number of methoxy groups -OCH3 is 1. The summed E-state index contributed by atoms with van der Waals surface area (Å²) >= 11 is 1.76. The van der Waals surface area contributed by atoms with Crippen molar-refractivity contribution in [2.24, 2.45) is 0 Å². The molecule has 1 aliphatic heterocycles. The molecule has 1 saturated heterocycles. The molecule has 2 unspecified atom stereocenters. The van der Waals surface area contributed by atoms with Crippen LogP contribution in [0.15, 0.2) is 12.7 Å². The van der Waals surface area contributed by atoms with Crippen molar-refractivity contribution in [3.8, 4) is 0 Å². The van der Waals surface area contributed by atoms with Crippen molar-refractivity contribution in [2.75, 3.05) is 31.7 Å². The number of carbonyl (C=O) groups is 1. The molecule has 1 fully saturated rings. The van der Waals surface area contributed by atoms with E-state index in [1.807, 2.05) is 6.08 Å². The largest absolute Gasteiger partial charge is 0.380 e. The molecular weight excluding hydrogens is 224 g/mol. The van der Waals surface area contributed by atoms with Gasteiger partial charge in [0.1, 0.15) is 0 Å². The van der Waals surface area contributed by atoms with Crippen LogP contribution in [0.25, 0.3) is 0 Å². The third-order valence-electron chi connectivity index (χ3n) is 2.52.